The number of carbonyl (C=O) groups is 4. The van der Waals surface area contributed by atoms with Crippen LogP contribution in [0.5, 0.6) is 0 Å². The number of anilines is 1. The molecule has 13 nitrogen and oxygen atoms in total. The minimum Gasteiger partial charge on any atom is -0.390 e. The van der Waals surface area contributed by atoms with Crippen LogP contribution in [0.1, 0.15) is 61.7 Å². The fourth-order valence-corrected chi connectivity index (χ4v) is 7.00. The number of aromatic nitrogens is 1. The van der Waals surface area contributed by atoms with Crippen molar-refractivity contribution in [3.05, 3.63) is 118 Å². The van der Waals surface area contributed by atoms with Gasteiger partial charge >= 0.3 is 0 Å². The van der Waals surface area contributed by atoms with E-state index in [0.717, 1.165) is 33.5 Å². The first kappa shape index (κ1) is 38.8. The first-order valence-corrected chi connectivity index (χ1v) is 18.7. The molecular formula is C36H41N5O8S2. The van der Waals surface area contributed by atoms with Gasteiger partial charge in [-0.1, -0.05) is 80.6 Å². The van der Waals surface area contributed by atoms with Crippen LogP contribution >= 0.6 is 11.3 Å². The van der Waals surface area contributed by atoms with Crippen LogP contribution in [0.3, 0.4) is 0 Å². The molecule has 0 aliphatic heterocycles. The predicted octanol–water partition coefficient (Wildman–Crippen LogP) is 2.52. The van der Waals surface area contributed by atoms with Crippen LogP contribution < -0.4 is 20.7 Å². The molecule has 3 amide bonds. The molecule has 0 spiro atoms. The van der Waals surface area contributed by atoms with Gasteiger partial charge in [-0.25, -0.2) is 17.7 Å². The Kier molecular flexibility index (Phi) is 12.8. The Labute approximate surface area is 300 Å². The van der Waals surface area contributed by atoms with Crippen molar-refractivity contribution in [3.63, 3.8) is 0 Å². The number of nitrogens with two attached hydrogens (primary N) is 1. The number of ketones is 1. The van der Waals surface area contributed by atoms with Gasteiger partial charge in [-0.05, 0) is 35.6 Å². The molecular weight excluding hydrogens is 695 g/mol. The van der Waals surface area contributed by atoms with Crippen molar-refractivity contribution in [1.29, 1.82) is 0 Å². The van der Waals surface area contributed by atoms with Crippen molar-refractivity contribution in [2.24, 2.45) is 17.6 Å². The number of aliphatic hydroxyl groups excluding tert-OH is 2. The fourth-order valence-electron chi connectivity index (χ4n) is 5.47. The number of nitrogens with one attached hydrogen (secondary N) is 2. The first-order chi connectivity index (χ1) is 24.1. The van der Waals surface area contributed by atoms with Crippen LogP contribution in [0.2, 0.25) is 0 Å². The van der Waals surface area contributed by atoms with E-state index in [1.54, 1.807) is 44.2 Å². The molecule has 3 aromatic carbocycles. The number of sulfonamides is 1. The number of thiazole rings is 1. The SMILES string of the molecule is CC(C)[C@@H](C(=O)NCc1ccccc1)[C@@H](O)[C@H](O)[C@H](Cc1ccccc1)NC(=O)c1cc(C(=O)c2csc(N(C)S(C)(=O)=O)n2)ccc1C(N)=O. The number of benzene rings is 3. The van der Waals surface area contributed by atoms with Crippen molar-refractivity contribution in [2.75, 3.05) is 17.6 Å². The molecule has 51 heavy (non-hydrogen) atoms. The number of hydrogen-bond donors (Lipinski definition) is 5. The number of carbonyl (C=O) groups excluding carboxylic acids is 4. The van der Waals surface area contributed by atoms with E-state index >= 15 is 0 Å². The molecule has 6 N–H and O–H groups in total. The second kappa shape index (κ2) is 16.8. The Morgan fingerprint density at radius 1 is 0.902 bits per heavy atom. The van der Waals surface area contributed by atoms with Crippen molar-refractivity contribution in [1.82, 2.24) is 15.6 Å². The minimum atomic E-state index is -3.64. The Balaban J connectivity index is 1.63. The summed E-state index contributed by atoms with van der Waals surface area (Å²) < 4.78 is 24.8. The van der Waals surface area contributed by atoms with Crippen molar-refractivity contribution < 1.29 is 37.8 Å². The second-order valence-electron chi connectivity index (χ2n) is 12.4. The lowest BCUT2D eigenvalue weighted by atomic mass is 9.83. The Hall–Kier alpha value is -4.96. The van der Waals surface area contributed by atoms with E-state index in [1.165, 1.54) is 24.6 Å². The Morgan fingerprint density at radius 2 is 1.51 bits per heavy atom. The van der Waals surface area contributed by atoms with Crippen LogP contribution in [0.25, 0.3) is 0 Å². The van der Waals surface area contributed by atoms with Crippen LogP contribution in [0.4, 0.5) is 5.13 Å². The average Bonchev–Trinajstić information content (AvgIpc) is 3.59. The van der Waals surface area contributed by atoms with E-state index < -0.39 is 63.6 Å². The van der Waals surface area contributed by atoms with Crippen LogP contribution in [0.15, 0.2) is 84.2 Å². The van der Waals surface area contributed by atoms with Gasteiger partial charge < -0.3 is 26.6 Å². The van der Waals surface area contributed by atoms with Gasteiger partial charge in [0.05, 0.1) is 35.4 Å². The molecule has 4 atom stereocenters. The van der Waals surface area contributed by atoms with Crippen LogP contribution in [-0.2, 0) is 27.8 Å². The average molecular weight is 736 g/mol. The highest BCUT2D eigenvalue weighted by molar-refractivity contribution is 7.92. The second-order valence-corrected chi connectivity index (χ2v) is 15.3. The summed E-state index contributed by atoms with van der Waals surface area (Å²) in [5.74, 6) is -4.45. The third-order valence-electron chi connectivity index (χ3n) is 8.36. The number of rotatable bonds is 16. The first-order valence-electron chi connectivity index (χ1n) is 16.0. The van der Waals surface area contributed by atoms with E-state index in [0.29, 0.717) is 5.56 Å². The van der Waals surface area contributed by atoms with Crippen molar-refractivity contribution in [3.8, 4) is 0 Å². The number of aliphatic hydroxyl groups is 2. The van der Waals surface area contributed by atoms with Gasteiger partial charge in [-0.3, -0.25) is 19.2 Å². The molecule has 0 saturated heterocycles. The molecule has 4 rings (SSSR count). The maximum absolute atomic E-state index is 13.9. The third kappa shape index (κ3) is 9.85. The van der Waals surface area contributed by atoms with Gasteiger partial charge in [0.2, 0.25) is 27.6 Å². The van der Waals surface area contributed by atoms with Crippen molar-refractivity contribution >= 4 is 50.0 Å². The van der Waals surface area contributed by atoms with E-state index in [2.05, 4.69) is 15.6 Å². The summed E-state index contributed by atoms with van der Waals surface area (Å²) in [4.78, 5) is 57.2. The molecule has 0 unspecified atom stereocenters. The van der Waals surface area contributed by atoms with E-state index in [4.69, 9.17) is 5.73 Å². The lowest BCUT2D eigenvalue weighted by molar-refractivity contribution is -0.135. The highest BCUT2D eigenvalue weighted by Crippen LogP contribution is 2.25. The maximum Gasteiger partial charge on any atom is 0.252 e. The zero-order chi connectivity index (χ0) is 37.5. The third-order valence-corrected chi connectivity index (χ3v) is 10.6. The lowest BCUT2D eigenvalue weighted by Crippen LogP contribution is -2.55. The topological polar surface area (TPSA) is 209 Å². The summed E-state index contributed by atoms with van der Waals surface area (Å²) in [6.45, 7) is 3.68. The molecule has 0 fully saturated rings. The van der Waals surface area contributed by atoms with Gasteiger partial charge in [-0.2, -0.15) is 0 Å². The Bertz CT molecular complexity index is 1970. The molecule has 0 saturated carbocycles. The van der Waals surface area contributed by atoms with E-state index in [-0.39, 0.29) is 40.5 Å². The molecule has 270 valence electrons. The Morgan fingerprint density at radius 3 is 2.08 bits per heavy atom. The van der Waals surface area contributed by atoms with E-state index in [1.807, 2.05) is 30.3 Å². The highest BCUT2D eigenvalue weighted by atomic mass is 32.2. The highest BCUT2D eigenvalue weighted by Gasteiger charge is 2.39. The maximum atomic E-state index is 13.9. The fraction of sp³-hybridized carbons (Fsp3) is 0.306. The molecule has 0 aliphatic carbocycles. The lowest BCUT2D eigenvalue weighted by Gasteiger charge is -2.33. The predicted molar refractivity (Wildman–Crippen MR) is 194 cm³/mol. The number of primary amides is 1. The summed E-state index contributed by atoms with van der Waals surface area (Å²) in [5, 5.41) is 30.1. The normalized spacial score (nSPS) is 13.9. The molecule has 0 aliphatic rings. The molecule has 15 heteroatoms. The summed E-state index contributed by atoms with van der Waals surface area (Å²) in [6, 6.07) is 20.6. The summed E-state index contributed by atoms with van der Waals surface area (Å²) in [5.41, 5.74) is 6.51. The van der Waals surface area contributed by atoms with Crippen LogP contribution in [-0.4, -0.2) is 78.7 Å². The molecule has 0 radical (unpaired) electrons. The molecule has 4 aromatic rings. The monoisotopic (exact) mass is 735 g/mol. The largest absolute Gasteiger partial charge is 0.390 e. The number of amides is 3. The van der Waals surface area contributed by atoms with E-state index in [9.17, 15) is 37.8 Å². The minimum absolute atomic E-state index is 0.0290. The zero-order valence-electron chi connectivity index (χ0n) is 28.5. The summed E-state index contributed by atoms with van der Waals surface area (Å²) in [7, 11) is -2.34. The molecule has 0 bridgehead atoms. The number of hydrogen-bond acceptors (Lipinski definition) is 10. The van der Waals surface area contributed by atoms with Gasteiger partial charge in [0.1, 0.15) is 11.8 Å². The zero-order valence-corrected chi connectivity index (χ0v) is 30.1. The quantitative estimate of drug-likeness (QED) is 0.107. The summed E-state index contributed by atoms with van der Waals surface area (Å²) >= 11 is 0.931. The van der Waals surface area contributed by atoms with Crippen molar-refractivity contribution in [2.45, 2.75) is 45.1 Å². The van der Waals surface area contributed by atoms with Gasteiger partial charge in [0.25, 0.3) is 5.91 Å². The molecule has 1 aromatic heterocycles. The van der Waals surface area contributed by atoms with Gasteiger partial charge in [0, 0.05) is 24.5 Å². The molecule has 1 heterocycles. The van der Waals surface area contributed by atoms with Gasteiger partial charge in [0.15, 0.2) is 5.13 Å². The smallest absolute Gasteiger partial charge is 0.252 e. The van der Waals surface area contributed by atoms with Gasteiger partial charge in [-0.15, -0.1) is 11.3 Å². The van der Waals surface area contributed by atoms with Crippen LogP contribution in [0, 0.1) is 11.8 Å². The summed E-state index contributed by atoms with van der Waals surface area (Å²) in [6.07, 6.45) is -2.26. The standard InChI is InChI=1S/C36H41N5O8S2/c1-21(2)29(35(47)38-19-23-13-9-6-10-14-23)32(44)31(43)27(17-22-11-7-5-8-12-22)39-34(46)26-18-24(15-16-25(26)33(37)45)30(42)28-20-50-36(40-28)41(3)51(4,48)49/h5-16,18,20-21,27,29,31-32,43-44H,17,19H2,1-4H3,(H2,37,45)(H,38,47)(H,39,46)/t27-,29+,31+,32+/m0/s1. The number of nitrogens with zero attached hydrogens (tertiary/aromatic N) is 2.